The van der Waals surface area contributed by atoms with Crippen LogP contribution in [0.15, 0.2) is 97.1 Å². The Morgan fingerprint density at radius 1 is 0.886 bits per heavy atom. The van der Waals surface area contributed by atoms with Crippen molar-refractivity contribution < 1.29 is 9.59 Å². The second-order valence-electron chi connectivity index (χ2n) is 8.30. The largest absolute Gasteiger partial charge is 0.333 e. The van der Waals surface area contributed by atoms with E-state index in [0.717, 1.165) is 22.5 Å². The van der Waals surface area contributed by atoms with E-state index in [1.807, 2.05) is 111 Å². The number of rotatable bonds is 9. The van der Waals surface area contributed by atoms with Gasteiger partial charge in [-0.15, -0.1) is 0 Å². The van der Waals surface area contributed by atoms with Gasteiger partial charge in [-0.05, 0) is 31.0 Å². The zero-order valence-corrected chi connectivity index (χ0v) is 20.1. The Kier molecular flexibility index (Phi) is 7.73. The molecule has 4 rings (SSSR count). The van der Waals surface area contributed by atoms with Gasteiger partial charge in [0.15, 0.2) is 0 Å². The first-order valence-electron chi connectivity index (χ1n) is 11.9. The van der Waals surface area contributed by atoms with Gasteiger partial charge in [0.25, 0.3) is 0 Å². The molecule has 35 heavy (non-hydrogen) atoms. The number of carbonyl (C=O) groups is 2. The van der Waals surface area contributed by atoms with Crippen molar-refractivity contribution in [2.45, 2.75) is 26.2 Å². The van der Waals surface area contributed by atoms with Crippen molar-refractivity contribution in [2.24, 2.45) is 0 Å². The predicted molar refractivity (Wildman–Crippen MR) is 139 cm³/mol. The molecule has 0 saturated heterocycles. The van der Waals surface area contributed by atoms with Crippen LogP contribution in [-0.2, 0) is 9.59 Å². The lowest BCUT2D eigenvalue weighted by Gasteiger charge is -2.25. The van der Waals surface area contributed by atoms with Gasteiger partial charge in [-0.2, -0.15) is 5.10 Å². The van der Waals surface area contributed by atoms with E-state index in [1.165, 1.54) is 0 Å². The molecule has 1 N–H and O–H groups in total. The zero-order valence-electron chi connectivity index (χ0n) is 20.1. The van der Waals surface area contributed by atoms with Crippen LogP contribution in [0.1, 0.15) is 31.7 Å². The highest BCUT2D eigenvalue weighted by atomic mass is 16.2. The van der Waals surface area contributed by atoms with Gasteiger partial charge in [0.05, 0.1) is 23.8 Å². The van der Waals surface area contributed by atoms with Gasteiger partial charge >= 0.3 is 0 Å². The molecule has 6 heteroatoms. The maximum absolute atomic E-state index is 13.3. The third kappa shape index (κ3) is 5.66. The van der Waals surface area contributed by atoms with Crippen LogP contribution in [0.4, 0.5) is 5.82 Å². The molecule has 0 saturated carbocycles. The number of benzene rings is 3. The predicted octanol–water partition coefficient (Wildman–Crippen LogP) is 5.52. The van der Waals surface area contributed by atoms with E-state index in [-0.39, 0.29) is 24.3 Å². The van der Waals surface area contributed by atoms with Crippen molar-refractivity contribution >= 4 is 17.6 Å². The normalized spacial score (nSPS) is 11.6. The average molecular weight is 467 g/mol. The molecule has 0 fully saturated rings. The fraction of sp³-hybridized carbons (Fsp3) is 0.207. The Bertz CT molecular complexity index is 1250. The molecule has 0 aliphatic carbocycles. The first-order valence-corrected chi connectivity index (χ1v) is 11.9. The number of aromatic nitrogens is 2. The lowest BCUT2D eigenvalue weighted by atomic mass is 9.95. The van der Waals surface area contributed by atoms with Crippen molar-refractivity contribution in [1.82, 2.24) is 14.7 Å². The van der Waals surface area contributed by atoms with Crippen molar-refractivity contribution in [3.63, 3.8) is 0 Å². The van der Waals surface area contributed by atoms with Crippen LogP contribution in [0.5, 0.6) is 0 Å². The molecular formula is C29H30N4O2. The number of nitrogens with zero attached hydrogens (tertiary/aromatic N) is 3. The molecule has 3 aromatic carbocycles. The Morgan fingerprint density at radius 2 is 1.49 bits per heavy atom. The van der Waals surface area contributed by atoms with E-state index in [2.05, 4.69) is 5.32 Å². The van der Waals surface area contributed by atoms with E-state index in [0.29, 0.717) is 18.8 Å². The van der Waals surface area contributed by atoms with Gasteiger partial charge in [-0.25, -0.2) is 4.68 Å². The van der Waals surface area contributed by atoms with Crippen LogP contribution in [-0.4, -0.2) is 39.6 Å². The summed E-state index contributed by atoms with van der Waals surface area (Å²) in [6.07, 6.45) is 0.669. The van der Waals surface area contributed by atoms with Crippen molar-refractivity contribution in [2.75, 3.05) is 18.4 Å². The van der Waals surface area contributed by atoms with Crippen LogP contribution in [0, 0.1) is 0 Å². The Labute approximate surface area is 206 Å². The van der Waals surface area contributed by atoms with Crippen molar-refractivity contribution in [3.05, 3.63) is 103 Å². The van der Waals surface area contributed by atoms with Crippen LogP contribution in [0.3, 0.4) is 0 Å². The number of nitrogens with one attached hydrogen (secondary N) is 1. The van der Waals surface area contributed by atoms with Crippen molar-refractivity contribution in [3.8, 4) is 16.9 Å². The SMILES string of the molecule is CCC(C(=O)N(CC)CC(=O)Nc1cc(-c2ccccc2)nn1-c1ccccc1)c1ccccc1. The highest BCUT2D eigenvalue weighted by molar-refractivity contribution is 5.95. The fourth-order valence-electron chi connectivity index (χ4n) is 4.15. The number of likely N-dealkylation sites (N-methyl/N-ethyl adjacent to an activating group) is 1. The molecule has 2 amide bonds. The van der Waals surface area contributed by atoms with Gasteiger partial charge in [-0.3, -0.25) is 9.59 Å². The Balaban J connectivity index is 1.55. The van der Waals surface area contributed by atoms with E-state index < -0.39 is 0 Å². The lowest BCUT2D eigenvalue weighted by molar-refractivity contribution is -0.135. The topological polar surface area (TPSA) is 67.2 Å². The molecule has 6 nitrogen and oxygen atoms in total. The van der Waals surface area contributed by atoms with E-state index in [4.69, 9.17) is 5.10 Å². The molecule has 1 unspecified atom stereocenters. The Morgan fingerprint density at radius 3 is 2.09 bits per heavy atom. The van der Waals surface area contributed by atoms with Gasteiger partial charge in [0, 0.05) is 18.2 Å². The summed E-state index contributed by atoms with van der Waals surface area (Å²) in [5.74, 6) is -0.0279. The summed E-state index contributed by atoms with van der Waals surface area (Å²) in [6.45, 7) is 4.31. The summed E-state index contributed by atoms with van der Waals surface area (Å²) >= 11 is 0. The molecule has 0 spiro atoms. The zero-order chi connectivity index (χ0) is 24.6. The molecule has 0 aliphatic heterocycles. The van der Waals surface area contributed by atoms with Crippen LogP contribution in [0.25, 0.3) is 16.9 Å². The van der Waals surface area contributed by atoms with Crippen LogP contribution < -0.4 is 5.32 Å². The summed E-state index contributed by atoms with van der Waals surface area (Å²) in [5.41, 5.74) is 3.51. The molecule has 1 aromatic heterocycles. The first kappa shape index (κ1) is 24.0. The van der Waals surface area contributed by atoms with E-state index in [1.54, 1.807) is 9.58 Å². The molecule has 0 aliphatic rings. The third-order valence-electron chi connectivity index (χ3n) is 5.98. The number of hydrogen-bond donors (Lipinski definition) is 1. The lowest BCUT2D eigenvalue weighted by Crippen LogP contribution is -2.40. The van der Waals surface area contributed by atoms with E-state index in [9.17, 15) is 9.59 Å². The summed E-state index contributed by atoms with van der Waals surface area (Å²) in [5, 5.41) is 7.72. The summed E-state index contributed by atoms with van der Waals surface area (Å²) in [6, 6.07) is 31.1. The second-order valence-corrected chi connectivity index (χ2v) is 8.30. The second kappa shape index (κ2) is 11.3. The minimum atomic E-state index is -0.275. The molecule has 0 radical (unpaired) electrons. The number of carbonyl (C=O) groups excluding carboxylic acids is 2. The first-order chi connectivity index (χ1) is 17.1. The number of hydrogen-bond acceptors (Lipinski definition) is 3. The fourth-order valence-corrected chi connectivity index (χ4v) is 4.15. The van der Waals surface area contributed by atoms with E-state index >= 15 is 0 Å². The number of amides is 2. The number of para-hydroxylation sites is 1. The summed E-state index contributed by atoms with van der Waals surface area (Å²) in [4.78, 5) is 28.0. The third-order valence-corrected chi connectivity index (χ3v) is 5.98. The maximum Gasteiger partial charge on any atom is 0.245 e. The molecule has 1 heterocycles. The van der Waals surface area contributed by atoms with Crippen LogP contribution in [0.2, 0.25) is 0 Å². The smallest absolute Gasteiger partial charge is 0.245 e. The van der Waals surface area contributed by atoms with Gasteiger partial charge in [-0.1, -0.05) is 85.8 Å². The minimum Gasteiger partial charge on any atom is -0.333 e. The molecule has 1 atom stereocenters. The molecule has 178 valence electrons. The maximum atomic E-state index is 13.3. The monoisotopic (exact) mass is 466 g/mol. The number of anilines is 1. The summed E-state index contributed by atoms with van der Waals surface area (Å²) in [7, 11) is 0. The van der Waals surface area contributed by atoms with Gasteiger partial charge < -0.3 is 10.2 Å². The standard InChI is InChI=1S/C29H30N4O2/c1-3-25(22-14-8-5-9-15-22)29(35)32(4-2)21-28(34)30-27-20-26(23-16-10-6-11-17-23)31-33(27)24-18-12-7-13-19-24/h5-20,25H,3-4,21H2,1-2H3,(H,30,34). The highest BCUT2D eigenvalue weighted by Crippen LogP contribution is 2.25. The van der Waals surface area contributed by atoms with Gasteiger partial charge in [0.1, 0.15) is 5.82 Å². The van der Waals surface area contributed by atoms with Crippen LogP contribution >= 0.6 is 0 Å². The minimum absolute atomic E-state index is 0.0285. The quantitative estimate of drug-likeness (QED) is 0.353. The van der Waals surface area contributed by atoms with Crippen molar-refractivity contribution in [1.29, 1.82) is 0 Å². The molecule has 4 aromatic rings. The Hall–Kier alpha value is -4.19. The van der Waals surface area contributed by atoms with Gasteiger partial charge in [0.2, 0.25) is 11.8 Å². The highest BCUT2D eigenvalue weighted by Gasteiger charge is 2.25. The molecular weight excluding hydrogens is 436 g/mol. The molecule has 0 bridgehead atoms. The average Bonchev–Trinajstić information content (AvgIpc) is 3.33. The summed E-state index contributed by atoms with van der Waals surface area (Å²) < 4.78 is 1.72.